The fourth-order valence-corrected chi connectivity index (χ4v) is 3.41. The molecule has 0 unspecified atom stereocenters. The van der Waals surface area contributed by atoms with E-state index in [0.717, 1.165) is 0 Å². The van der Waals surface area contributed by atoms with Gasteiger partial charge in [-0.05, 0) is 64.1 Å². The summed E-state index contributed by atoms with van der Waals surface area (Å²) >= 11 is 0. The first-order chi connectivity index (χ1) is 12.6. The second-order valence-electron chi connectivity index (χ2n) is 6.25. The molecule has 27 heavy (non-hydrogen) atoms. The lowest BCUT2D eigenvalue weighted by molar-refractivity contribution is -0.123. The van der Waals surface area contributed by atoms with Crippen LogP contribution in [0, 0.1) is 6.92 Å². The molecular weight excluding hydrogens is 372 g/mol. The largest absolute Gasteiger partial charge is 0.454 e. The lowest BCUT2D eigenvalue weighted by Gasteiger charge is -2.13. The second kappa shape index (κ2) is 8.36. The van der Waals surface area contributed by atoms with Gasteiger partial charge in [-0.3, -0.25) is 4.79 Å². The molecule has 0 saturated carbocycles. The Labute approximate surface area is 157 Å². The number of amides is 1. The molecular formula is C18H22N2O6S. The van der Waals surface area contributed by atoms with Crippen LogP contribution in [0.5, 0.6) is 0 Å². The highest BCUT2D eigenvalue weighted by atomic mass is 32.2. The number of rotatable bonds is 7. The number of aryl methyl sites for hydroxylation is 1. The number of ether oxygens (including phenoxy) is 1. The van der Waals surface area contributed by atoms with Crippen molar-refractivity contribution >= 4 is 27.6 Å². The molecule has 0 aliphatic rings. The molecule has 1 amide bonds. The molecule has 1 aromatic carbocycles. The highest BCUT2D eigenvalue weighted by molar-refractivity contribution is 7.89. The molecule has 0 bridgehead atoms. The standard InChI is InChI=1S/C18H22N2O6S/c1-11(2)20-27(23,24)15-8-6-14(7-9-15)19-17(21)13(4)26-18(22)16-10-5-12(3)25-16/h5-11,13,20H,1-4H3,(H,19,21)/t13-/m0/s1. The van der Waals surface area contributed by atoms with Crippen molar-refractivity contribution in [3.8, 4) is 0 Å². The highest BCUT2D eigenvalue weighted by Crippen LogP contribution is 2.15. The van der Waals surface area contributed by atoms with Gasteiger partial charge in [0.05, 0.1) is 4.90 Å². The van der Waals surface area contributed by atoms with Gasteiger partial charge in [0.1, 0.15) is 5.76 Å². The first-order valence-corrected chi connectivity index (χ1v) is 9.77. The smallest absolute Gasteiger partial charge is 0.375 e. The van der Waals surface area contributed by atoms with Crippen molar-refractivity contribution in [3.05, 3.63) is 47.9 Å². The van der Waals surface area contributed by atoms with Crippen molar-refractivity contribution in [2.45, 2.75) is 44.7 Å². The molecule has 8 nitrogen and oxygen atoms in total. The van der Waals surface area contributed by atoms with Gasteiger partial charge in [-0.1, -0.05) is 0 Å². The Balaban J connectivity index is 1.98. The van der Waals surface area contributed by atoms with E-state index in [1.807, 2.05) is 0 Å². The molecule has 0 radical (unpaired) electrons. The normalized spacial score (nSPS) is 12.6. The number of hydrogen-bond donors (Lipinski definition) is 2. The first-order valence-electron chi connectivity index (χ1n) is 8.29. The Hall–Kier alpha value is -2.65. The first kappa shape index (κ1) is 20.7. The van der Waals surface area contributed by atoms with Gasteiger partial charge in [0.15, 0.2) is 6.10 Å². The van der Waals surface area contributed by atoms with E-state index in [9.17, 15) is 18.0 Å². The predicted molar refractivity (Wildman–Crippen MR) is 98.9 cm³/mol. The number of furan rings is 1. The van der Waals surface area contributed by atoms with E-state index in [-0.39, 0.29) is 16.7 Å². The lowest BCUT2D eigenvalue weighted by atomic mass is 10.3. The van der Waals surface area contributed by atoms with Gasteiger partial charge in [-0.25, -0.2) is 17.9 Å². The zero-order valence-electron chi connectivity index (χ0n) is 15.5. The minimum absolute atomic E-state index is 0.0133. The number of carbonyl (C=O) groups is 2. The molecule has 2 aromatic rings. The van der Waals surface area contributed by atoms with Gasteiger partial charge in [-0.2, -0.15) is 0 Å². The van der Waals surface area contributed by atoms with Crippen LogP contribution in [0.15, 0.2) is 45.7 Å². The van der Waals surface area contributed by atoms with Crippen LogP contribution in [-0.2, 0) is 19.6 Å². The van der Waals surface area contributed by atoms with E-state index in [4.69, 9.17) is 9.15 Å². The SMILES string of the molecule is Cc1ccc(C(=O)O[C@@H](C)C(=O)Nc2ccc(S(=O)(=O)NC(C)C)cc2)o1. The van der Waals surface area contributed by atoms with Crippen molar-refractivity contribution in [1.29, 1.82) is 0 Å². The molecule has 1 aromatic heterocycles. The summed E-state index contributed by atoms with van der Waals surface area (Å²) in [6.07, 6.45) is -1.06. The van der Waals surface area contributed by atoms with Crippen LogP contribution in [-0.4, -0.2) is 32.4 Å². The number of hydrogen-bond acceptors (Lipinski definition) is 6. The Morgan fingerprint density at radius 2 is 1.67 bits per heavy atom. The quantitative estimate of drug-likeness (QED) is 0.697. The van der Waals surface area contributed by atoms with E-state index in [1.165, 1.54) is 37.3 Å². The summed E-state index contributed by atoms with van der Waals surface area (Å²) in [4.78, 5) is 24.1. The Bertz CT molecular complexity index is 916. The van der Waals surface area contributed by atoms with Gasteiger partial charge >= 0.3 is 5.97 Å². The van der Waals surface area contributed by atoms with Crippen molar-refractivity contribution in [3.63, 3.8) is 0 Å². The molecule has 0 aliphatic carbocycles. The third-order valence-corrected chi connectivity index (χ3v) is 5.09. The van der Waals surface area contributed by atoms with Crippen molar-refractivity contribution < 1.29 is 27.2 Å². The summed E-state index contributed by atoms with van der Waals surface area (Å²) in [7, 11) is -3.61. The molecule has 9 heteroatoms. The predicted octanol–water partition coefficient (Wildman–Crippen LogP) is 2.46. The molecule has 146 valence electrons. The Morgan fingerprint density at radius 3 is 2.19 bits per heavy atom. The van der Waals surface area contributed by atoms with E-state index < -0.39 is 28.0 Å². The molecule has 1 atom stereocenters. The average Bonchev–Trinajstić information content (AvgIpc) is 3.00. The van der Waals surface area contributed by atoms with E-state index >= 15 is 0 Å². The summed E-state index contributed by atoms with van der Waals surface area (Å²) in [5.74, 6) is -0.727. The van der Waals surface area contributed by atoms with E-state index in [2.05, 4.69) is 10.0 Å². The number of carbonyl (C=O) groups excluding carboxylic acids is 2. The van der Waals surface area contributed by atoms with Crippen LogP contribution < -0.4 is 10.0 Å². The summed E-state index contributed by atoms with van der Waals surface area (Å²) in [5, 5.41) is 2.56. The summed E-state index contributed by atoms with van der Waals surface area (Å²) < 4.78 is 36.8. The number of anilines is 1. The third-order valence-electron chi connectivity index (χ3n) is 3.42. The zero-order chi connectivity index (χ0) is 20.2. The minimum atomic E-state index is -3.61. The fraction of sp³-hybridized carbons (Fsp3) is 0.333. The van der Waals surface area contributed by atoms with E-state index in [1.54, 1.807) is 26.8 Å². The van der Waals surface area contributed by atoms with Gasteiger partial charge < -0.3 is 14.5 Å². The molecule has 0 fully saturated rings. The van der Waals surface area contributed by atoms with Gasteiger partial charge in [0, 0.05) is 11.7 Å². The second-order valence-corrected chi connectivity index (χ2v) is 7.96. The summed E-state index contributed by atoms with van der Waals surface area (Å²) in [5.41, 5.74) is 0.375. The molecule has 0 aliphatic heterocycles. The van der Waals surface area contributed by atoms with Crippen LogP contribution in [0.2, 0.25) is 0 Å². The molecule has 0 spiro atoms. The van der Waals surface area contributed by atoms with Crippen LogP contribution in [0.25, 0.3) is 0 Å². The number of esters is 1. The third kappa shape index (κ3) is 5.66. The number of sulfonamides is 1. The molecule has 0 saturated heterocycles. The van der Waals surface area contributed by atoms with Gasteiger partial charge in [0.25, 0.3) is 5.91 Å². The van der Waals surface area contributed by atoms with Gasteiger partial charge in [-0.15, -0.1) is 0 Å². The van der Waals surface area contributed by atoms with Crippen LogP contribution in [0.3, 0.4) is 0 Å². The van der Waals surface area contributed by atoms with Gasteiger partial charge in [0.2, 0.25) is 15.8 Å². The minimum Gasteiger partial charge on any atom is -0.454 e. The van der Waals surface area contributed by atoms with Crippen molar-refractivity contribution in [2.75, 3.05) is 5.32 Å². The maximum atomic E-state index is 12.2. The molecule has 1 heterocycles. The fourth-order valence-electron chi connectivity index (χ4n) is 2.16. The maximum Gasteiger partial charge on any atom is 0.375 e. The highest BCUT2D eigenvalue weighted by Gasteiger charge is 2.21. The summed E-state index contributed by atoms with van der Waals surface area (Å²) in [6.45, 7) is 6.56. The van der Waals surface area contributed by atoms with Crippen LogP contribution in [0.1, 0.15) is 37.1 Å². The maximum absolute atomic E-state index is 12.2. The van der Waals surface area contributed by atoms with Crippen molar-refractivity contribution in [1.82, 2.24) is 4.72 Å². The number of nitrogens with one attached hydrogen (secondary N) is 2. The Morgan fingerprint density at radius 1 is 1.04 bits per heavy atom. The Kier molecular flexibility index (Phi) is 6.40. The number of benzene rings is 1. The van der Waals surface area contributed by atoms with Crippen LogP contribution >= 0.6 is 0 Å². The summed E-state index contributed by atoms with van der Waals surface area (Å²) in [6, 6.07) is 8.51. The average molecular weight is 394 g/mol. The molecule has 2 rings (SSSR count). The molecule has 2 N–H and O–H groups in total. The van der Waals surface area contributed by atoms with E-state index in [0.29, 0.717) is 11.4 Å². The van der Waals surface area contributed by atoms with Crippen LogP contribution in [0.4, 0.5) is 5.69 Å². The lowest BCUT2D eigenvalue weighted by Crippen LogP contribution is -2.30. The monoisotopic (exact) mass is 394 g/mol. The zero-order valence-corrected chi connectivity index (χ0v) is 16.3. The van der Waals surface area contributed by atoms with Crippen molar-refractivity contribution in [2.24, 2.45) is 0 Å². The topological polar surface area (TPSA) is 115 Å².